The molecule has 292 valence electrons. The summed E-state index contributed by atoms with van der Waals surface area (Å²) in [6.07, 6.45) is 11.0. The summed E-state index contributed by atoms with van der Waals surface area (Å²) < 4.78 is 54.3. The number of hydrogen-bond acceptors (Lipinski definition) is 10. The Bertz CT molecular complexity index is 758. The van der Waals surface area contributed by atoms with Crippen LogP contribution in [0.4, 0.5) is 0 Å². The molecule has 3 saturated heterocycles. The monoisotopic (exact) mass is 705 g/mol. The van der Waals surface area contributed by atoms with Gasteiger partial charge in [-0.2, -0.15) is 0 Å². The largest absolute Gasteiger partial charge is 0.382 e. The van der Waals surface area contributed by atoms with Gasteiger partial charge in [0.1, 0.15) is 0 Å². The first-order valence-corrected chi connectivity index (χ1v) is 19.5. The standard InChI is InChI=1S/C16H30O3.C13H26O4.C10H20O3/c1-4-15(7-6-8-15)10-17-9-14(3)19-13-16(5-2)11-18-12-16;1-3-13(11-17-12-13)10-16-7-5-4-6-15-9-8-14-2;1-3-10(8-13-9-10)7-12-6-5-11-4-2/h14H,4-13H2,1-3H3;3-12H2,1-2H3;3-9H2,1-2H3. The van der Waals surface area contributed by atoms with Gasteiger partial charge < -0.3 is 47.4 Å². The fourth-order valence-corrected chi connectivity index (χ4v) is 5.92. The van der Waals surface area contributed by atoms with Crippen molar-refractivity contribution in [3.63, 3.8) is 0 Å². The van der Waals surface area contributed by atoms with Gasteiger partial charge >= 0.3 is 0 Å². The summed E-state index contributed by atoms with van der Waals surface area (Å²) in [4.78, 5) is 0. The molecule has 4 rings (SSSR count). The lowest BCUT2D eigenvalue weighted by Crippen LogP contribution is -2.46. The first-order valence-electron chi connectivity index (χ1n) is 19.5. The van der Waals surface area contributed by atoms with Crippen LogP contribution < -0.4 is 0 Å². The lowest BCUT2D eigenvalue weighted by molar-refractivity contribution is -0.165. The van der Waals surface area contributed by atoms with Crippen molar-refractivity contribution in [3.05, 3.63) is 0 Å². The number of hydrogen-bond donors (Lipinski definition) is 0. The van der Waals surface area contributed by atoms with Crippen molar-refractivity contribution in [2.75, 3.05) is 126 Å². The summed E-state index contributed by atoms with van der Waals surface area (Å²) in [5, 5.41) is 0. The highest BCUT2D eigenvalue weighted by Crippen LogP contribution is 2.44. The maximum atomic E-state index is 5.94. The van der Waals surface area contributed by atoms with E-state index in [1.54, 1.807) is 7.11 Å². The maximum absolute atomic E-state index is 5.94. The van der Waals surface area contributed by atoms with Crippen molar-refractivity contribution in [2.45, 2.75) is 105 Å². The average Bonchev–Trinajstić information content (AvgIpc) is 3.04. The second-order valence-corrected chi connectivity index (χ2v) is 15.0. The molecular formula is C39H76O10. The molecule has 4 fully saturated rings. The molecule has 1 aliphatic carbocycles. The molecule has 4 aliphatic rings. The van der Waals surface area contributed by atoms with E-state index in [4.69, 9.17) is 47.4 Å². The third-order valence-corrected chi connectivity index (χ3v) is 11.0. The Morgan fingerprint density at radius 3 is 1.39 bits per heavy atom. The van der Waals surface area contributed by atoms with Crippen molar-refractivity contribution >= 4 is 0 Å². The molecule has 0 bridgehead atoms. The smallest absolute Gasteiger partial charge is 0.0780 e. The van der Waals surface area contributed by atoms with E-state index in [1.165, 1.54) is 25.7 Å². The molecule has 0 aromatic carbocycles. The van der Waals surface area contributed by atoms with E-state index in [9.17, 15) is 0 Å². The van der Waals surface area contributed by atoms with E-state index >= 15 is 0 Å². The van der Waals surface area contributed by atoms with Gasteiger partial charge in [-0.15, -0.1) is 0 Å². The molecule has 0 spiro atoms. The number of ether oxygens (including phenoxy) is 10. The Kier molecular flexibility index (Phi) is 23.3. The fourth-order valence-electron chi connectivity index (χ4n) is 5.92. The summed E-state index contributed by atoms with van der Waals surface area (Å²) in [5.41, 5.74) is 1.40. The second kappa shape index (κ2) is 25.6. The number of rotatable bonds is 27. The highest BCUT2D eigenvalue weighted by Gasteiger charge is 2.39. The van der Waals surface area contributed by atoms with Gasteiger partial charge in [0.05, 0.1) is 105 Å². The van der Waals surface area contributed by atoms with Gasteiger partial charge in [0, 0.05) is 43.2 Å². The molecule has 10 nitrogen and oxygen atoms in total. The molecule has 0 radical (unpaired) electrons. The normalized spacial score (nSPS) is 21.4. The zero-order valence-electron chi connectivity index (χ0n) is 32.8. The molecule has 3 heterocycles. The van der Waals surface area contributed by atoms with Crippen LogP contribution in [-0.4, -0.2) is 132 Å². The zero-order valence-corrected chi connectivity index (χ0v) is 32.8. The molecule has 3 aliphatic heterocycles. The predicted octanol–water partition coefficient (Wildman–Crippen LogP) is 6.75. The SMILES string of the molecule is CCC1(COCC(C)OCC2(CC)COC2)CCC1.CCC1(COCCCCOCCOC)COC1.CCOCCOCC1(CC)COC1. The van der Waals surface area contributed by atoms with Crippen LogP contribution in [0.15, 0.2) is 0 Å². The number of methoxy groups -OCH3 is 1. The van der Waals surface area contributed by atoms with Gasteiger partial charge in [-0.1, -0.05) is 34.1 Å². The highest BCUT2D eigenvalue weighted by atomic mass is 16.6. The maximum Gasteiger partial charge on any atom is 0.0780 e. The summed E-state index contributed by atoms with van der Waals surface area (Å²) in [6.45, 7) is 27.4. The van der Waals surface area contributed by atoms with E-state index in [-0.39, 0.29) is 11.5 Å². The Hall–Kier alpha value is -0.400. The third-order valence-electron chi connectivity index (χ3n) is 11.0. The molecule has 1 atom stereocenters. The van der Waals surface area contributed by atoms with Crippen LogP contribution >= 0.6 is 0 Å². The second-order valence-electron chi connectivity index (χ2n) is 15.0. The van der Waals surface area contributed by atoms with Gasteiger partial charge in [-0.05, 0) is 70.6 Å². The lowest BCUT2D eigenvalue weighted by Gasteiger charge is -2.42. The fraction of sp³-hybridized carbons (Fsp3) is 1.00. The van der Waals surface area contributed by atoms with E-state index < -0.39 is 0 Å². The molecule has 10 heteroatoms. The summed E-state index contributed by atoms with van der Waals surface area (Å²) >= 11 is 0. The third kappa shape index (κ3) is 16.9. The molecule has 0 amide bonds. The Morgan fingerprint density at radius 2 is 0.959 bits per heavy atom. The van der Waals surface area contributed by atoms with Crippen molar-refractivity contribution in [1.82, 2.24) is 0 Å². The van der Waals surface area contributed by atoms with Crippen molar-refractivity contribution < 1.29 is 47.4 Å². The van der Waals surface area contributed by atoms with Crippen molar-refractivity contribution in [3.8, 4) is 0 Å². The van der Waals surface area contributed by atoms with Crippen molar-refractivity contribution in [2.24, 2.45) is 21.7 Å². The molecule has 49 heavy (non-hydrogen) atoms. The minimum absolute atomic E-state index is 0.193. The van der Waals surface area contributed by atoms with Crippen molar-refractivity contribution in [1.29, 1.82) is 0 Å². The summed E-state index contributed by atoms with van der Waals surface area (Å²) in [5.74, 6) is 0. The van der Waals surface area contributed by atoms with Gasteiger partial charge in [-0.25, -0.2) is 0 Å². The van der Waals surface area contributed by atoms with Crippen LogP contribution in [0, 0.1) is 21.7 Å². The Morgan fingerprint density at radius 1 is 0.510 bits per heavy atom. The predicted molar refractivity (Wildman–Crippen MR) is 193 cm³/mol. The molecule has 0 aromatic heterocycles. The molecular weight excluding hydrogens is 628 g/mol. The molecule has 0 N–H and O–H groups in total. The quantitative estimate of drug-likeness (QED) is 0.0855. The minimum Gasteiger partial charge on any atom is -0.382 e. The van der Waals surface area contributed by atoms with Gasteiger partial charge in [0.2, 0.25) is 0 Å². The molecule has 1 unspecified atom stereocenters. The molecule has 1 saturated carbocycles. The van der Waals surface area contributed by atoms with Gasteiger partial charge in [-0.3, -0.25) is 0 Å². The van der Waals surface area contributed by atoms with Crippen LogP contribution in [0.25, 0.3) is 0 Å². The molecule has 0 aromatic rings. The van der Waals surface area contributed by atoms with E-state index in [2.05, 4.69) is 34.6 Å². The topological polar surface area (TPSA) is 92.3 Å². The van der Waals surface area contributed by atoms with Crippen LogP contribution in [0.1, 0.15) is 99.3 Å². The van der Waals surface area contributed by atoms with Gasteiger partial charge in [0.25, 0.3) is 0 Å². The summed E-state index contributed by atoms with van der Waals surface area (Å²) in [6, 6.07) is 0. The van der Waals surface area contributed by atoms with Crippen LogP contribution in [0.5, 0.6) is 0 Å². The van der Waals surface area contributed by atoms with E-state index in [0.717, 1.165) is 125 Å². The van der Waals surface area contributed by atoms with Crippen LogP contribution in [0.2, 0.25) is 0 Å². The average molecular weight is 705 g/mol. The highest BCUT2D eigenvalue weighted by molar-refractivity contribution is 4.87. The Labute approximate surface area is 300 Å². The zero-order chi connectivity index (χ0) is 35.7. The Balaban J connectivity index is 0.000000260. The van der Waals surface area contributed by atoms with Crippen LogP contribution in [-0.2, 0) is 47.4 Å². The lowest BCUT2D eigenvalue weighted by atomic mass is 9.68. The minimum atomic E-state index is 0.193. The van der Waals surface area contributed by atoms with E-state index in [1.807, 2.05) is 6.92 Å². The number of unbranched alkanes of at least 4 members (excludes halogenated alkanes) is 1. The van der Waals surface area contributed by atoms with Gasteiger partial charge in [0.15, 0.2) is 0 Å². The van der Waals surface area contributed by atoms with E-state index in [0.29, 0.717) is 42.7 Å². The first-order chi connectivity index (χ1) is 23.8. The van der Waals surface area contributed by atoms with Crippen LogP contribution in [0.3, 0.4) is 0 Å². The summed E-state index contributed by atoms with van der Waals surface area (Å²) in [7, 11) is 1.69. The first kappa shape index (κ1) is 44.8.